The largest absolute Gasteiger partial charge is 0.448 e. The predicted molar refractivity (Wildman–Crippen MR) is 500 cm³/mol. The van der Waals surface area contributed by atoms with Crippen molar-refractivity contribution in [2.45, 2.75) is 417 Å². The molecule has 0 N–H and O–H groups in total. The molecular weight excluding hydrogens is 1470 g/mol. The van der Waals surface area contributed by atoms with E-state index in [2.05, 4.69) is 100 Å². The van der Waals surface area contributed by atoms with E-state index < -0.39 is 34.7 Å². The van der Waals surface area contributed by atoms with Crippen molar-refractivity contribution in [1.82, 2.24) is 0 Å². The lowest BCUT2D eigenvalue weighted by atomic mass is 9.95. The van der Waals surface area contributed by atoms with Crippen molar-refractivity contribution in [3.8, 4) is 6.07 Å². The summed E-state index contributed by atoms with van der Waals surface area (Å²) in [6, 6.07) is 1.33. The fourth-order valence-corrected chi connectivity index (χ4v) is 9.63. The molecule has 0 heterocycles. The number of ketones is 9. The van der Waals surface area contributed by atoms with E-state index in [-0.39, 0.29) is 81.9 Å². The van der Waals surface area contributed by atoms with Crippen molar-refractivity contribution in [1.29, 1.82) is 5.26 Å². The second-order valence-corrected chi connectivity index (χ2v) is 28.7. The number of carbonyl (C=O) groups excluding carboxylic acids is 10. The lowest BCUT2D eigenvalue weighted by Crippen LogP contribution is -2.34. The van der Waals surface area contributed by atoms with Crippen LogP contribution in [0, 0.1) is 39.2 Å². The molecule has 0 spiro atoms. The molecule has 0 bridgehead atoms. The summed E-state index contributed by atoms with van der Waals surface area (Å²) in [7, 11) is 0. The molecular formula is C92H177N11O13. The number of aliphatic imine (C=N–C) groups is 9. The molecule has 0 fully saturated rings. The fraction of sp³-hybridized carbons (Fsp3) is 0.783. The maximum absolute atomic E-state index is 11.3. The van der Waals surface area contributed by atoms with Gasteiger partial charge in [0.15, 0.2) is 17.7 Å². The van der Waals surface area contributed by atoms with Gasteiger partial charge in [-0.25, -0.2) is 0 Å². The third-order valence-electron chi connectivity index (χ3n) is 15.4. The molecule has 0 saturated heterocycles. The second kappa shape index (κ2) is 94.6. The van der Waals surface area contributed by atoms with E-state index in [0.29, 0.717) is 86.9 Å². The van der Waals surface area contributed by atoms with Gasteiger partial charge in [-0.2, -0.15) is 5.26 Å². The minimum absolute atomic E-state index is 0. The Hall–Kier alpha value is -7.58. The number of Topliss-reactive ketones (excluding diaryl/α,β-unsaturated/α-hetero) is 9. The standard InChI is InChI=1S/C13H25NO.2C11H21NO.C10H17NO3.C9H14N2O.2C9H17NO.C8H14N2O3.C8H15NO.4CH4/c1-5-7-8-13(6-2)10-14-11(3)9-12(4)15;1-5-7-11(10(4)13)9(3)12-8-6-2;1-4-5-6-7-8-12-10(2)9-11(3)13;1-5-6-11-7(2)10(8(3)12)14-9(4)13;1-4-5-11-7(2)9(6-10)8(3)12;1-5-7(2)10-8(3)6-9(4)11;1-4-5-6-10-8(2)7-9(3)11;1-4-5-9-6(2)8(7(3)11)10(12)13;1-6(2)9-7(3)5-8(4)10;;;;/h13H,5-10H2,1-4H3;11H,5-8H2,1-4H3;4-9H2,1-3H3;10H,5-6H2,1-4H3;9H,4-5H2,1-3H3;7H,5-6H2,1-4H3;4-7H2,1-3H3;8H,4-5H2,1-3H3;6H,5H2,1-4H3;4*1H4. The summed E-state index contributed by atoms with van der Waals surface area (Å²) in [6.45, 7) is 63.9. The van der Waals surface area contributed by atoms with E-state index in [1.165, 1.54) is 79.6 Å². The SMILES string of the molecule is C.C.C.C.CC(=O)CC(C)=NC(C)C.CCC(C)N=C(C)CC(C)=O.CCCCC(CC)CN=C(C)CC(C)=O.CCCCCCN=C(C)CC(C)=O.CCCCN=C(C)CC(C)=O.CCCN=C(C)C(C#N)C(C)=O.CCCN=C(C)C(C(C)=O)[N+](=O)[O-].CCCN=C(C)C(CCC)C(C)=O.CCCN=C(C)C(OC(C)=O)C(C)=O. The number of hydrogen-bond donors (Lipinski definition) is 0. The molecule has 24 heteroatoms. The molecule has 0 aromatic heterocycles. The highest BCUT2D eigenvalue weighted by atomic mass is 16.6. The van der Waals surface area contributed by atoms with Gasteiger partial charge in [-0.1, -0.05) is 150 Å². The summed E-state index contributed by atoms with van der Waals surface area (Å²) < 4.78 is 4.85. The van der Waals surface area contributed by atoms with Gasteiger partial charge in [0, 0.05) is 149 Å². The maximum atomic E-state index is 11.3. The Bertz CT molecular complexity index is 2950. The average molecular weight is 1650 g/mol. The van der Waals surface area contributed by atoms with Crippen LogP contribution in [0.1, 0.15) is 393 Å². The van der Waals surface area contributed by atoms with Crippen LogP contribution in [-0.2, 0) is 52.7 Å². The van der Waals surface area contributed by atoms with Crippen LogP contribution in [0.5, 0.6) is 0 Å². The summed E-state index contributed by atoms with van der Waals surface area (Å²) in [5.74, 6) is 0.0945. The van der Waals surface area contributed by atoms with E-state index in [1.54, 1.807) is 55.4 Å². The maximum Gasteiger partial charge on any atom is 0.307 e. The smallest absolute Gasteiger partial charge is 0.307 e. The quantitative estimate of drug-likeness (QED) is 0.0180. The summed E-state index contributed by atoms with van der Waals surface area (Å²) in [5, 5.41) is 19.1. The molecule has 6 atom stereocenters. The van der Waals surface area contributed by atoms with Crippen LogP contribution in [0.2, 0.25) is 0 Å². The summed E-state index contributed by atoms with van der Waals surface area (Å²) >= 11 is 0. The van der Waals surface area contributed by atoms with Crippen LogP contribution in [-0.4, -0.2) is 184 Å². The zero-order valence-electron chi connectivity index (χ0n) is 76.8. The highest BCUT2D eigenvalue weighted by molar-refractivity contribution is 6.08. The molecule has 0 aliphatic carbocycles. The third-order valence-corrected chi connectivity index (χ3v) is 15.4. The minimum Gasteiger partial charge on any atom is -0.448 e. The Morgan fingerprint density at radius 2 is 0.741 bits per heavy atom. The van der Waals surface area contributed by atoms with Crippen LogP contribution in [0.4, 0.5) is 0 Å². The molecule has 0 aromatic rings. The van der Waals surface area contributed by atoms with E-state index in [0.717, 1.165) is 125 Å². The first-order valence-electron chi connectivity index (χ1n) is 41.0. The summed E-state index contributed by atoms with van der Waals surface area (Å²) in [5.41, 5.74) is 7.30. The number of ether oxygens (including phenoxy) is 1. The molecule has 678 valence electrons. The van der Waals surface area contributed by atoms with Crippen LogP contribution in [0.25, 0.3) is 0 Å². The van der Waals surface area contributed by atoms with Crippen molar-refractivity contribution >= 4 is 109 Å². The zero-order chi connectivity index (χ0) is 88.9. The highest BCUT2D eigenvalue weighted by Gasteiger charge is 2.29. The lowest BCUT2D eigenvalue weighted by Gasteiger charge is -2.13. The van der Waals surface area contributed by atoms with Gasteiger partial charge in [-0.15, -0.1) is 0 Å². The number of hydrogen-bond acceptors (Lipinski definition) is 23. The number of nitriles is 1. The van der Waals surface area contributed by atoms with Gasteiger partial charge in [-0.05, 0) is 202 Å². The van der Waals surface area contributed by atoms with Crippen molar-refractivity contribution in [2.24, 2.45) is 62.7 Å². The topological polar surface area (TPSA) is 358 Å². The first kappa shape index (κ1) is 137. The van der Waals surface area contributed by atoms with Crippen LogP contribution in [0.3, 0.4) is 0 Å². The Balaban J connectivity index is -0.0000000933. The van der Waals surface area contributed by atoms with E-state index in [9.17, 15) is 58.1 Å². The predicted octanol–water partition coefficient (Wildman–Crippen LogP) is 22.4. The molecule has 6 unspecified atom stereocenters. The van der Waals surface area contributed by atoms with Crippen LogP contribution < -0.4 is 0 Å². The minimum atomic E-state index is -1.26. The molecule has 116 heavy (non-hydrogen) atoms. The molecule has 0 aliphatic heterocycles. The van der Waals surface area contributed by atoms with Gasteiger partial charge in [0.25, 0.3) is 0 Å². The molecule has 24 nitrogen and oxygen atoms in total. The number of esters is 1. The van der Waals surface area contributed by atoms with Crippen LogP contribution in [0.15, 0.2) is 44.9 Å². The zero-order valence-corrected chi connectivity index (χ0v) is 76.8. The van der Waals surface area contributed by atoms with Gasteiger partial charge in [0.1, 0.15) is 40.6 Å². The van der Waals surface area contributed by atoms with Gasteiger partial charge in [0.05, 0.1) is 23.4 Å². The Morgan fingerprint density at radius 3 is 1.05 bits per heavy atom. The molecule has 0 radical (unpaired) electrons. The first-order chi connectivity index (χ1) is 52.2. The molecule has 0 amide bonds. The van der Waals surface area contributed by atoms with E-state index in [1.807, 2.05) is 82.2 Å². The van der Waals surface area contributed by atoms with Gasteiger partial charge < -0.3 is 4.74 Å². The Kier molecular flexibility index (Phi) is 112. The number of carbonyl (C=O) groups is 10. The second-order valence-electron chi connectivity index (χ2n) is 28.7. The molecule has 0 rings (SSSR count). The summed E-state index contributed by atoms with van der Waals surface area (Å²) in [4.78, 5) is 156. The number of nitrogens with zero attached hydrogens (tertiary/aromatic N) is 11. The normalized spacial score (nSPS) is 12.9. The van der Waals surface area contributed by atoms with Gasteiger partial charge in [-0.3, -0.25) is 103 Å². The summed E-state index contributed by atoms with van der Waals surface area (Å²) in [6.07, 6.45) is 20.7. The lowest BCUT2D eigenvalue weighted by molar-refractivity contribution is -0.488. The first-order valence-corrected chi connectivity index (χ1v) is 41.0. The van der Waals surface area contributed by atoms with Gasteiger partial charge >= 0.3 is 12.0 Å². The van der Waals surface area contributed by atoms with E-state index in [4.69, 9.17) is 10.00 Å². The molecule has 0 saturated carbocycles. The van der Waals surface area contributed by atoms with Crippen molar-refractivity contribution in [3.05, 3.63) is 10.1 Å². The number of unbranched alkanes of at least 4 members (excludes halogenated alkanes) is 5. The Labute approximate surface area is 710 Å². The highest BCUT2D eigenvalue weighted by Crippen LogP contribution is 2.14. The average Bonchev–Trinajstić information content (AvgIpc) is 0.901. The van der Waals surface area contributed by atoms with Crippen molar-refractivity contribution in [2.75, 3.05) is 45.8 Å². The van der Waals surface area contributed by atoms with Crippen molar-refractivity contribution < 1.29 is 57.6 Å². The van der Waals surface area contributed by atoms with Crippen molar-refractivity contribution in [3.63, 3.8) is 0 Å². The fourth-order valence-electron chi connectivity index (χ4n) is 9.63. The molecule has 0 aromatic carbocycles. The Morgan fingerprint density at radius 1 is 0.371 bits per heavy atom. The van der Waals surface area contributed by atoms with Gasteiger partial charge in [0.2, 0.25) is 5.78 Å². The monoisotopic (exact) mass is 1640 g/mol. The molecule has 0 aliphatic rings. The van der Waals surface area contributed by atoms with E-state index >= 15 is 0 Å². The van der Waals surface area contributed by atoms with Crippen LogP contribution >= 0.6 is 0 Å². The third kappa shape index (κ3) is 104. The number of nitro groups is 1. The number of rotatable bonds is 47.